The van der Waals surface area contributed by atoms with Crippen LogP contribution in [0.2, 0.25) is 0 Å². The van der Waals surface area contributed by atoms with Crippen molar-refractivity contribution in [1.82, 2.24) is 14.8 Å². The Labute approximate surface area is 101 Å². The van der Waals surface area contributed by atoms with Crippen LogP contribution in [-0.2, 0) is 6.42 Å². The lowest BCUT2D eigenvalue weighted by molar-refractivity contribution is 0.856. The van der Waals surface area contributed by atoms with Crippen molar-refractivity contribution in [2.75, 3.05) is 5.73 Å². The topological polar surface area (TPSA) is 80.5 Å². The first-order chi connectivity index (χ1) is 7.72. The SMILES string of the molecule is N#CCc1cnn(-c2ccc(Br)cn2)c1N. The number of hydrogen-bond acceptors (Lipinski definition) is 4. The van der Waals surface area contributed by atoms with E-state index in [9.17, 15) is 0 Å². The molecular weight excluding hydrogens is 270 g/mol. The molecule has 2 aromatic rings. The van der Waals surface area contributed by atoms with Crippen molar-refractivity contribution in [1.29, 1.82) is 5.26 Å². The molecule has 2 N–H and O–H groups in total. The predicted octanol–water partition coefficient (Wildman–Crippen LogP) is 1.68. The van der Waals surface area contributed by atoms with Crippen molar-refractivity contribution in [3.8, 4) is 11.9 Å². The Bertz CT molecular complexity index is 537. The lowest BCUT2D eigenvalue weighted by atomic mass is 10.2. The van der Waals surface area contributed by atoms with Crippen molar-refractivity contribution >= 4 is 21.7 Å². The maximum atomic E-state index is 8.60. The third-order valence-electron chi connectivity index (χ3n) is 2.08. The van der Waals surface area contributed by atoms with Crippen LogP contribution >= 0.6 is 15.9 Å². The first-order valence-electron chi connectivity index (χ1n) is 4.53. The highest BCUT2D eigenvalue weighted by Crippen LogP contribution is 2.17. The van der Waals surface area contributed by atoms with E-state index in [0.717, 1.165) is 4.47 Å². The normalized spacial score (nSPS) is 10.0. The molecule has 6 heteroatoms. The van der Waals surface area contributed by atoms with Gasteiger partial charge < -0.3 is 5.73 Å². The van der Waals surface area contributed by atoms with Crippen LogP contribution in [0, 0.1) is 11.3 Å². The summed E-state index contributed by atoms with van der Waals surface area (Å²) in [6.45, 7) is 0. The average Bonchev–Trinajstić information content (AvgIpc) is 2.63. The molecule has 2 aromatic heterocycles. The van der Waals surface area contributed by atoms with E-state index in [1.165, 1.54) is 4.68 Å². The third-order valence-corrected chi connectivity index (χ3v) is 2.55. The van der Waals surface area contributed by atoms with Crippen molar-refractivity contribution in [2.24, 2.45) is 0 Å². The smallest absolute Gasteiger partial charge is 0.155 e. The number of nitrogens with zero attached hydrogens (tertiary/aromatic N) is 4. The van der Waals surface area contributed by atoms with Crippen molar-refractivity contribution in [2.45, 2.75) is 6.42 Å². The summed E-state index contributed by atoms with van der Waals surface area (Å²) in [6.07, 6.45) is 3.51. The van der Waals surface area contributed by atoms with Crippen LogP contribution in [0.25, 0.3) is 5.82 Å². The number of rotatable bonds is 2. The Morgan fingerprint density at radius 3 is 2.88 bits per heavy atom. The Hall–Kier alpha value is -1.87. The fourth-order valence-electron chi connectivity index (χ4n) is 1.29. The average molecular weight is 278 g/mol. The number of nitrogens with two attached hydrogens (primary N) is 1. The third kappa shape index (κ3) is 1.90. The summed E-state index contributed by atoms with van der Waals surface area (Å²) in [4.78, 5) is 4.17. The maximum Gasteiger partial charge on any atom is 0.155 e. The molecule has 0 aromatic carbocycles. The van der Waals surface area contributed by atoms with E-state index in [-0.39, 0.29) is 6.42 Å². The van der Waals surface area contributed by atoms with E-state index in [0.29, 0.717) is 17.2 Å². The number of hydrogen-bond donors (Lipinski definition) is 1. The molecule has 5 nitrogen and oxygen atoms in total. The highest BCUT2D eigenvalue weighted by Gasteiger charge is 2.09. The zero-order chi connectivity index (χ0) is 11.5. The Kier molecular flexibility index (Phi) is 2.88. The second-order valence-corrected chi connectivity index (χ2v) is 4.05. The van der Waals surface area contributed by atoms with E-state index in [1.807, 2.05) is 12.1 Å². The van der Waals surface area contributed by atoms with Gasteiger partial charge in [-0.05, 0) is 28.1 Å². The van der Waals surface area contributed by atoms with Gasteiger partial charge in [0.1, 0.15) is 5.82 Å². The van der Waals surface area contributed by atoms with Gasteiger partial charge in [-0.2, -0.15) is 15.0 Å². The molecule has 0 saturated carbocycles. The molecule has 0 aliphatic rings. The summed E-state index contributed by atoms with van der Waals surface area (Å²) in [5.41, 5.74) is 6.57. The predicted molar refractivity (Wildman–Crippen MR) is 62.8 cm³/mol. The Morgan fingerprint density at radius 2 is 2.25 bits per heavy atom. The highest BCUT2D eigenvalue weighted by atomic mass is 79.9. The molecule has 0 bridgehead atoms. The molecule has 0 spiro atoms. The van der Waals surface area contributed by atoms with Crippen LogP contribution in [-0.4, -0.2) is 14.8 Å². The van der Waals surface area contributed by atoms with Crippen LogP contribution in [0.1, 0.15) is 5.56 Å². The molecule has 0 saturated heterocycles. The monoisotopic (exact) mass is 277 g/mol. The van der Waals surface area contributed by atoms with E-state index in [1.54, 1.807) is 18.5 Å². The zero-order valence-corrected chi connectivity index (χ0v) is 9.85. The van der Waals surface area contributed by atoms with Gasteiger partial charge in [0.2, 0.25) is 0 Å². The number of nitrogen functional groups attached to an aromatic ring is 1. The lowest BCUT2D eigenvalue weighted by Gasteiger charge is -2.03. The van der Waals surface area contributed by atoms with E-state index in [4.69, 9.17) is 11.0 Å². The summed E-state index contributed by atoms with van der Waals surface area (Å²) in [5, 5.41) is 12.7. The van der Waals surface area contributed by atoms with E-state index < -0.39 is 0 Å². The second-order valence-electron chi connectivity index (χ2n) is 3.14. The van der Waals surface area contributed by atoms with Gasteiger partial charge >= 0.3 is 0 Å². The minimum absolute atomic E-state index is 0.252. The molecule has 80 valence electrons. The van der Waals surface area contributed by atoms with Gasteiger partial charge in [-0.15, -0.1) is 0 Å². The molecule has 0 amide bonds. The molecule has 2 heterocycles. The zero-order valence-electron chi connectivity index (χ0n) is 8.26. The lowest BCUT2D eigenvalue weighted by Crippen LogP contribution is -2.04. The minimum Gasteiger partial charge on any atom is -0.383 e. The molecule has 0 aliphatic heterocycles. The Morgan fingerprint density at radius 1 is 1.44 bits per heavy atom. The number of anilines is 1. The van der Waals surface area contributed by atoms with Crippen LogP contribution in [0.4, 0.5) is 5.82 Å². The number of nitriles is 1. The molecule has 0 fully saturated rings. The first kappa shape index (κ1) is 10.6. The molecular formula is C10H8BrN5. The largest absolute Gasteiger partial charge is 0.383 e. The highest BCUT2D eigenvalue weighted by molar-refractivity contribution is 9.10. The Balaban J connectivity index is 2.42. The molecule has 0 atom stereocenters. The molecule has 16 heavy (non-hydrogen) atoms. The number of pyridine rings is 1. The van der Waals surface area contributed by atoms with Crippen molar-refractivity contribution in [3.63, 3.8) is 0 Å². The van der Waals surface area contributed by atoms with Gasteiger partial charge in [-0.3, -0.25) is 0 Å². The van der Waals surface area contributed by atoms with Gasteiger partial charge in [-0.1, -0.05) is 0 Å². The summed E-state index contributed by atoms with van der Waals surface area (Å²) in [6, 6.07) is 5.69. The summed E-state index contributed by atoms with van der Waals surface area (Å²) in [7, 11) is 0. The van der Waals surface area contributed by atoms with Crippen molar-refractivity contribution < 1.29 is 0 Å². The van der Waals surface area contributed by atoms with Crippen LogP contribution in [0.15, 0.2) is 29.0 Å². The first-order valence-corrected chi connectivity index (χ1v) is 5.33. The quantitative estimate of drug-likeness (QED) is 0.906. The molecule has 0 aliphatic carbocycles. The van der Waals surface area contributed by atoms with Gasteiger partial charge in [0, 0.05) is 16.2 Å². The maximum absolute atomic E-state index is 8.60. The van der Waals surface area contributed by atoms with Gasteiger partial charge in [0.25, 0.3) is 0 Å². The van der Waals surface area contributed by atoms with Gasteiger partial charge in [0.05, 0.1) is 18.7 Å². The van der Waals surface area contributed by atoms with Gasteiger partial charge in [-0.25, -0.2) is 4.98 Å². The summed E-state index contributed by atoms with van der Waals surface area (Å²) in [5.74, 6) is 1.08. The fraction of sp³-hybridized carbons (Fsp3) is 0.100. The van der Waals surface area contributed by atoms with Gasteiger partial charge in [0.15, 0.2) is 5.82 Å². The minimum atomic E-state index is 0.252. The molecule has 2 rings (SSSR count). The van der Waals surface area contributed by atoms with E-state index in [2.05, 4.69) is 26.0 Å². The summed E-state index contributed by atoms with van der Waals surface area (Å²) < 4.78 is 2.40. The van der Waals surface area contributed by atoms with Crippen molar-refractivity contribution in [3.05, 3.63) is 34.6 Å². The van der Waals surface area contributed by atoms with E-state index >= 15 is 0 Å². The second kappa shape index (κ2) is 4.33. The van der Waals surface area contributed by atoms with Crippen LogP contribution in [0.5, 0.6) is 0 Å². The molecule has 0 radical (unpaired) electrons. The standard InChI is InChI=1S/C10H8BrN5/c11-8-1-2-9(14-6-8)16-10(13)7(3-4-12)5-15-16/h1-2,5-6H,3,13H2. The van der Waals surface area contributed by atoms with Crippen LogP contribution in [0.3, 0.4) is 0 Å². The number of halogens is 1. The van der Waals surface area contributed by atoms with Crippen LogP contribution < -0.4 is 5.73 Å². The number of aromatic nitrogens is 3. The summed E-state index contributed by atoms with van der Waals surface area (Å²) >= 11 is 3.30. The fourth-order valence-corrected chi connectivity index (χ4v) is 1.52. The molecule has 0 unspecified atom stereocenters.